The minimum atomic E-state index is -2.77. The van der Waals surface area contributed by atoms with Crippen molar-refractivity contribution in [3.8, 4) is 0 Å². The van der Waals surface area contributed by atoms with Gasteiger partial charge in [-0.15, -0.1) is 0 Å². The van der Waals surface area contributed by atoms with Crippen LogP contribution in [0.4, 0.5) is 0 Å². The molecule has 1 heterocycles. The van der Waals surface area contributed by atoms with Gasteiger partial charge in [-0.05, 0) is 6.92 Å². The summed E-state index contributed by atoms with van der Waals surface area (Å²) in [6.07, 6.45) is 2.69. The molecule has 1 fully saturated rings. The molecule has 0 aromatic rings. The van der Waals surface area contributed by atoms with Crippen LogP contribution < -0.4 is 0 Å². The molecule has 0 saturated carbocycles. The van der Waals surface area contributed by atoms with Gasteiger partial charge in [-0.3, -0.25) is 0 Å². The van der Waals surface area contributed by atoms with Crippen molar-refractivity contribution in [3.05, 3.63) is 0 Å². The van der Waals surface area contributed by atoms with Gasteiger partial charge >= 0.3 is 0 Å². The third kappa shape index (κ3) is 2.81. The first-order valence-corrected chi connectivity index (χ1v) is 5.80. The molecule has 1 aliphatic heterocycles. The summed E-state index contributed by atoms with van der Waals surface area (Å²) in [6.45, 7) is 1.76. The van der Waals surface area contributed by atoms with Crippen molar-refractivity contribution in [3.63, 3.8) is 0 Å². The average Bonchev–Trinajstić information content (AvgIpc) is 2.03. The van der Waals surface area contributed by atoms with E-state index < -0.39 is 9.84 Å². The fourth-order valence-corrected chi connectivity index (χ4v) is 2.57. The van der Waals surface area contributed by atoms with E-state index in [1.165, 1.54) is 0 Å². The van der Waals surface area contributed by atoms with E-state index in [1.807, 2.05) is 0 Å². The Morgan fingerprint density at radius 1 is 1.42 bits per heavy atom. The zero-order valence-corrected chi connectivity index (χ0v) is 7.88. The number of oxime groups is 1. The molecule has 0 aliphatic carbocycles. The van der Waals surface area contributed by atoms with E-state index in [0.29, 0.717) is 12.8 Å². The zero-order chi connectivity index (χ0) is 9.03. The summed E-state index contributed by atoms with van der Waals surface area (Å²) in [5.74, 6) is 0.466. The van der Waals surface area contributed by atoms with Gasteiger partial charge in [-0.25, -0.2) is 8.42 Å². The first-order chi connectivity index (χ1) is 5.64. The highest BCUT2D eigenvalue weighted by Gasteiger charge is 2.24. The summed E-state index contributed by atoms with van der Waals surface area (Å²) in [6, 6.07) is 0. The Hall–Kier alpha value is -0.580. The predicted octanol–water partition coefficient (Wildman–Crippen LogP) is 0.586. The van der Waals surface area contributed by atoms with Crippen LogP contribution in [0.3, 0.4) is 0 Å². The monoisotopic (exact) mass is 191 g/mol. The van der Waals surface area contributed by atoms with Crippen LogP contribution in [0.5, 0.6) is 0 Å². The van der Waals surface area contributed by atoms with Gasteiger partial charge in [0.1, 0.15) is 6.10 Å². The highest BCUT2D eigenvalue weighted by molar-refractivity contribution is 7.91. The predicted molar refractivity (Wildman–Crippen MR) is 46.9 cm³/mol. The first-order valence-electron chi connectivity index (χ1n) is 3.98. The average molecular weight is 191 g/mol. The molecular formula is C7H13NO3S. The number of rotatable bonds is 2. The smallest absolute Gasteiger partial charge is 0.150 e. The highest BCUT2D eigenvalue weighted by Crippen LogP contribution is 2.15. The van der Waals surface area contributed by atoms with Crippen LogP contribution in [-0.4, -0.2) is 32.2 Å². The van der Waals surface area contributed by atoms with E-state index in [4.69, 9.17) is 4.84 Å². The SMILES string of the molecule is CC=NOC1CCS(=O)(=O)CC1. The van der Waals surface area contributed by atoms with Crippen molar-refractivity contribution >= 4 is 16.1 Å². The Morgan fingerprint density at radius 2 is 2.00 bits per heavy atom. The molecule has 5 heteroatoms. The van der Waals surface area contributed by atoms with Crippen LogP contribution in [0.2, 0.25) is 0 Å². The van der Waals surface area contributed by atoms with E-state index in [1.54, 1.807) is 13.1 Å². The molecule has 1 saturated heterocycles. The quantitative estimate of drug-likeness (QED) is 0.474. The molecule has 70 valence electrons. The van der Waals surface area contributed by atoms with Gasteiger partial charge in [0.05, 0.1) is 11.5 Å². The van der Waals surface area contributed by atoms with E-state index in [-0.39, 0.29) is 17.6 Å². The molecule has 0 radical (unpaired) electrons. The molecule has 0 unspecified atom stereocenters. The van der Waals surface area contributed by atoms with Crippen LogP contribution >= 0.6 is 0 Å². The maximum absolute atomic E-state index is 11.0. The van der Waals surface area contributed by atoms with Crippen LogP contribution in [0.1, 0.15) is 19.8 Å². The molecule has 0 spiro atoms. The van der Waals surface area contributed by atoms with Crippen molar-refractivity contribution < 1.29 is 13.3 Å². The van der Waals surface area contributed by atoms with E-state index in [2.05, 4.69) is 5.16 Å². The second-order valence-electron chi connectivity index (χ2n) is 2.82. The minimum Gasteiger partial charge on any atom is -0.393 e. The molecule has 0 amide bonds. The summed E-state index contributed by atoms with van der Waals surface area (Å²) in [7, 11) is -2.77. The molecular weight excluding hydrogens is 178 g/mol. The van der Waals surface area contributed by atoms with Gasteiger partial charge in [-0.1, -0.05) is 5.16 Å². The lowest BCUT2D eigenvalue weighted by Gasteiger charge is -2.19. The molecule has 1 rings (SSSR count). The lowest BCUT2D eigenvalue weighted by molar-refractivity contribution is 0.0533. The normalized spacial score (nSPS) is 24.4. The Kier molecular flexibility index (Phi) is 3.08. The summed E-state index contributed by atoms with van der Waals surface area (Å²) >= 11 is 0. The van der Waals surface area contributed by atoms with Gasteiger partial charge in [0.2, 0.25) is 0 Å². The van der Waals surface area contributed by atoms with Crippen LogP contribution in [-0.2, 0) is 14.7 Å². The van der Waals surface area contributed by atoms with Gasteiger partial charge in [0.25, 0.3) is 0 Å². The largest absolute Gasteiger partial charge is 0.393 e. The topological polar surface area (TPSA) is 55.7 Å². The van der Waals surface area contributed by atoms with E-state index in [9.17, 15) is 8.42 Å². The van der Waals surface area contributed by atoms with Gasteiger partial charge in [0.15, 0.2) is 9.84 Å². The Bertz CT molecular complexity index is 244. The van der Waals surface area contributed by atoms with Crippen molar-refractivity contribution in [2.75, 3.05) is 11.5 Å². The summed E-state index contributed by atoms with van der Waals surface area (Å²) in [5.41, 5.74) is 0. The van der Waals surface area contributed by atoms with Crippen LogP contribution in [0, 0.1) is 0 Å². The Morgan fingerprint density at radius 3 is 2.50 bits per heavy atom. The van der Waals surface area contributed by atoms with Crippen molar-refractivity contribution in [2.24, 2.45) is 5.16 Å². The standard InChI is InChI=1S/C7H13NO3S/c1-2-8-11-7-3-5-12(9,10)6-4-7/h2,7H,3-6H2,1H3. The lowest BCUT2D eigenvalue weighted by atomic mass is 10.2. The van der Waals surface area contributed by atoms with E-state index in [0.717, 1.165) is 0 Å². The third-order valence-electron chi connectivity index (χ3n) is 1.82. The highest BCUT2D eigenvalue weighted by atomic mass is 32.2. The fourth-order valence-electron chi connectivity index (χ4n) is 1.12. The zero-order valence-electron chi connectivity index (χ0n) is 7.06. The van der Waals surface area contributed by atoms with Crippen molar-refractivity contribution in [1.82, 2.24) is 0 Å². The van der Waals surface area contributed by atoms with Gasteiger partial charge < -0.3 is 4.84 Å². The second kappa shape index (κ2) is 3.89. The fraction of sp³-hybridized carbons (Fsp3) is 0.857. The van der Waals surface area contributed by atoms with Crippen molar-refractivity contribution in [2.45, 2.75) is 25.9 Å². The number of hydrogen-bond donors (Lipinski definition) is 0. The molecule has 0 bridgehead atoms. The van der Waals surface area contributed by atoms with Crippen LogP contribution in [0.25, 0.3) is 0 Å². The lowest BCUT2D eigenvalue weighted by Crippen LogP contribution is -2.27. The first kappa shape index (κ1) is 9.51. The van der Waals surface area contributed by atoms with Crippen LogP contribution in [0.15, 0.2) is 5.16 Å². The molecule has 1 aliphatic rings. The molecule has 0 aromatic carbocycles. The maximum atomic E-state index is 11.0. The summed E-state index contributed by atoms with van der Waals surface area (Å²) in [5, 5.41) is 3.62. The number of nitrogens with zero attached hydrogens (tertiary/aromatic N) is 1. The summed E-state index contributed by atoms with van der Waals surface area (Å²) < 4.78 is 22.0. The third-order valence-corrected chi connectivity index (χ3v) is 3.53. The minimum absolute atomic E-state index is 0.00951. The summed E-state index contributed by atoms with van der Waals surface area (Å²) in [4.78, 5) is 5.03. The Balaban J connectivity index is 2.36. The number of hydrogen-bond acceptors (Lipinski definition) is 4. The molecule has 0 N–H and O–H groups in total. The maximum Gasteiger partial charge on any atom is 0.150 e. The second-order valence-corrected chi connectivity index (χ2v) is 5.12. The molecule has 12 heavy (non-hydrogen) atoms. The molecule has 0 aromatic heterocycles. The van der Waals surface area contributed by atoms with Gasteiger partial charge in [0, 0.05) is 19.1 Å². The van der Waals surface area contributed by atoms with E-state index >= 15 is 0 Å². The number of sulfone groups is 1. The molecule has 4 nitrogen and oxygen atoms in total. The molecule has 0 atom stereocenters. The Labute approximate surface area is 72.5 Å². The van der Waals surface area contributed by atoms with Gasteiger partial charge in [-0.2, -0.15) is 0 Å². The van der Waals surface area contributed by atoms with Crippen molar-refractivity contribution in [1.29, 1.82) is 0 Å².